The van der Waals surface area contributed by atoms with E-state index in [-0.39, 0.29) is 27.2 Å². The van der Waals surface area contributed by atoms with Crippen molar-refractivity contribution in [2.75, 3.05) is 12.4 Å². The van der Waals surface area contributed by atoms with Crippen molar-refractivity contribution in [3.63, 3.8) is 0 Å². The Morgan fingerprint density at radius 1 is 1.25 bits per heavy atom. The number of rotatable bonds is 3. The highest BCUT2D eigenvalue weighted by molar-refractivity contribution is 7.80. The van der Waals surface area contributed by atoms with Gasteiger partial charge in [-0.1, -0.05) is 29.3 Å². The molecule has 0 saturated heterocycles. The number of thiocarbonyl (C=S) groups is 1. The summed E-state index contributed by atoms with van der Waals surface area (Å²) in [5, 5.41) is 15.6. The van der Waals surface area contributed by atoms with E-state index in [4.69, 9.17) is 40.2 Å². The fourth-order valence-electron chi connectivity index (χ4n) is 2.01. The van der Waals surface area contributed by atoms with E-state index in [2.05, 4.69) is 10.6 Å². The lowest BCUT2D eigenvalue weighted by molar-refractivity contribution is 0.0974. The Bertz CT molecular complexity index is 812. The van der Waals surface area contributed by atoms with E-state index in [0.717, 1.165) is 5.56 Å². The van der Waals surface area contributed by atoms with Crippen LogP contribution in [0.4, 0.5) is 5.69 Å². The van der Waals surface area contributed by atoms with Gasteiger partial charge in [-0.15, -0.1) is 0 Å². The summed E-state index contributed by atoms with van der Waals surface area (Å²) in [5.41, 5.74) is 1.46. The van der Waals surface area contributed by atoms with Crippen LogP contribution in [0.3, 0.4) is 0 Å². The van der Waals surface area contributed by atoms with Crippen molar-refractivity contribution >= 4 is 52.1 Å². The molecule has 0 saturated carbocycles. The molecule has 5 nitrogen and oxygen atoms in total. The number of phenolic OH excluding ortho intramolecular Hbond substituents is 1. The summed E-state index contributed by atoms with van der Waals surface area (Å²) >= 11 is 17.0. The van der Waals surface area contributed by atoms with Crippen LogP contribution in [0.25, 0.3) is 0 Å². The number of carbonyl (C=O) groups is 1. The molecule has 1 amide bonds. The van der Waals surface area contributed by atoms with Crippen molar-refractivity contribution in [3.05, 3.63) is 51.5 Å². The van der Waals surface area contributed by atoms with Crippen LogP contribution >= 0.6 is 35.4 Å². The summed E-state index contributed by atoms with van der Waals surface area (Å²) in [6.45, 7) is 1.87. The lowest BCUT2D eigenvalue weighted by atomic mass is 10.2. The second-order valence-corrected chi connectivity index (χ2v) is 6.15. The Balaban J connectivity index is 2.18. The minimum absolute atomic E-state index is 0.0130. The standard InChI is InChI=1S/C16H14Cl2N2O3S/c1-8-3-4-13(21)12(5-8)19-16(24)20-15(22)10-6-9(17)7-11(18)14(10)23-2/h3-7,21H,1-2H3,(H2,19,20,22,24). The van der Waals surface area contributed by atoms with E-state index in [1.165, 1.54) is 25.3 Å². The Morgan fingerprint density at radius 2 is 1.96 bits per heavy atom. The highest BCUT2D eigenvalue weighted by Crippen LogP contribution is 2.32. The lowest BCUT2D eigenvalue weighted by Gasteiger charge is -2.14. The molecular weight excluding hydrogens is 371 g/mol. The first-order valence-electron chi connectivity index (χ1n) is 6.76. The maximum atomic E-state index is 12.4. The Labute approximate surface area is 154 Å². The number of halogens is 2. The van der Waals surface area contributed by atoms with Gasteiger partial charge in [-0.25, -0.2) is 0 Å². The average molecular weight is 385 g/mol. The van der Waals surface area contributed by atoms with Crippen LogP contribution in [0.2, 0.25) is 10.0 Å². The molecular formula is C16H14Cl2N2O3S. The molecule has 0 radical (unpaired) electrons. The summed E-state index contributed by atoms with van der Waals surface area (Å²) in [6.07, 6.45) is 0. The van der Waals surface area contributed by atoms with Crippen LogP contribution in [-0.4, -0.2) is 23.2 Å². The number of carbonyl (C=O) groups excluding carboxylic acids is 1. The normalized spacial score (nSPS) is 10.2. The predicted octanol–water partition coefficient (Wildman–Crippen LogP) is 4.14. The number of hydrogen-bond donors (Lipinski definition) is 3. The van der Waals surface area contributed by atoms with Crippen LogP contribution in [0.1, 0.15) is 15.9 Å². The Morgan fingerprint density at radius 3 is 2.62 bits per heavy atom. The molecule has 126 valence electrons. The van der Waals surface area contributed by atoms with Crippen molar-refractivity contribution in [2.24, 2.45) is 0 Å². The number of anilines is 1. The number of amides is 1. The average Bonchev–Trinajstić information content (AvgIpc) is 2.50. The minimum Gasteiger partial charge on any atom is -0.506 e. The van der Waals surface area contributed by atoms with Gasteiger partial charge in [0.05, 0.1) is 23.4 Å². The van der Waals surface area contributed by atoms with Crippen LogP contribution in [0, 0.1) is 6.92 Å². The van der Waals surface area contributed by atoms with E-state index in [9.17, 15) is 9.90 Å². The van der Waals surface area contributed by atoms with Crippen molar-refractivity contribution in [1.29, 1.82) is 0 Å². The quantitative estimate of drug-likeness (QED) is 0.547. The van der Waals surface area contributed by atoms with Gasteiger partial charge in [0.25, 0.3) is 5.91 Å². The SMILES string of the molecule is COc1c(Cl)cc(Cl)cc1C(=O)NC(=S)Nc1cc(C)ccc1O. The van der Waals surface area contributed by atoms with Gasteiger partial charge in [-0.3, -0.25) is 10.1 Å². The topological polar surface area (TPSA) is 70.6 Å². The zero-order chi connectivity index (χ0) is 17.9. The van der Waals surface area contributed by atoms with E-state index in [0.29, 0.717) is 10.7 Å². The zero-order valence-corrected chi connectivity index (χ0v) is 15.1. The molecule has 0 atom stereocenters. The smallest absolute Gasteiger partial charge is 0.261 e. The number of aryl methyl sites for hydroxylation is 1. The molecule has 0 aromatic heterocycles. The fraction of sp³-hybridized carbons (Fsp3) is 0.125. The third-order valence-corrected chi connectivity index (χ3v) is 3.79. The van der Waals surface area contributed by atoms with E-state index in [1.54, 1.807) is 12.1 Å². The Hall–Kier alpha value is -2.02. The molecule has 0 unspecified atom stereocenters. The summed E-state index contributed by atoms with van der Waals surface area (Å²) in [7, 11) is 1.40. The number of aromatic hydroxyl groups is 1. The zero-order valence-electron chi connectivity index (χ0n) is 12.8. The second kappa shape index (κ2) is 7.70. The number of hydrogen-bond acceptors (Lipinski definition) is 4. The van der Waals surface area contributed by atoms with Crippen molar-refractivity contribution in [3.8, 4) is 11.5 Å². The maximum absolute atomic E-state index is 12.4. The van der Waals surface area contributed by atoms with Crippen LogP contribution in [0.5, 0.6) is 11.5 Å². The van der Waals surface area contributed by atoms with Gasteiger partial charge in [-0.05, 0) is 49.0 Å². The van der Waals surface area contributed by atoms with Crippen molar-refractivity contribution < 1.29 is 14.6 Å². The molecule has 2 aromatic carbocycles. The molecule has 2 aromatic rings. The summed E-state index contributed by atoms with van der Waals surface area (Å²) < 4.78 is 5.13. The molecule has 3 N–H and O–H groups in total. The van der Waals surface area contributed by atoms with Gasteiger partial charge < -0.3 is 15.2 Å². The molecule has 0 aliphatic carbocycles. The molecule has 2 rings (SSSR count). The molecule has 0 heterocycles. The first-order valence-corrected chi connectivity index (χ1v) is 7.93. The predicted molar refractivity (Wildman–Crippen MR) is 99.5 cm³/mol. The monoisotopic (exact) mass is 384 g/mol. The third-order valence-electron chi connectivity index (χ3n) is 3.08. The first-order chi connectivity index (χ1) is 11.3. The fourth-order valence-corrected chi connectivity index (χ4v) is 2.78. The molecule has 8 heteroatoms. The van der Waals surface area contributed by atoms with Gasteiger partial charge in [0.15, 0.2) is 5.11 Å². The van der Waals surface area contributed by atoms with E-state index < -0.39 is 5.91 Å². The molecule has 0 aliphatic rings. The summed E-state index contributed by atoms with van der Waals surface area (Å²) in [4.78, 5) is 12.4. The minimum atomic E-state index is -0.541. The third kappa shape index (κ3) is 4.29. The highest BCUT2D eigenvalue weighted by Gasteiger charge is 2.18. The van der Waals surface area contributed by atoms with Crippen LogP contribution in [0.15, 0.2) is 30.3 Å². The number of benzene rings is 2. The largest absolute Gasteiger partial charge is 0.506 e. The van der Waals surface area contributed by atoms with Gasteiger partial charge >= 0.3 is 0 Å². The molecule has 0 spiro atoms. The van der Waals surface area contributed by atoms with E-state index in [1.807, 2.05) is 6.92 Å². The van der Waals surface area contributed by atoms with Crippen molar-refractivity contribution in [1.82, 2.24) is 5.32 Å². The number of phenols is 1. The molecule has 24 heavy (non-hydrogen) atoms. The van der Waals surface area contributed by atoms with Gasteiger partial charge in [-0.2, -0.15) is 0 Å². The van der Waals surface area contributed by atoms with E-state index >= 15 is 0 Å². The van der Waals surface area contributed by atoms with Crippen molar-refractivity contribution in [2.45, 2.75) is 6.92 Å². The second-order valence-electron chi connectivity index (χ2n) is 4.90. The van der Waals surface area contributed by atoms with Gasteiger partial charge in [0, 0.05) is 5.02 Å². The summed E-state index contributed by atoms with van der Waals surface area (Å²) in [6, 6.07) is 7.88. The number of nitrogens with one attached hydrogen (secondary N) is 2. The van der Waals surface area contributed by atoms with Crippen LogP contribution in [-0.2, 0) is 0 Å². The lowest BCUT2D eigenvalue weighted by Crippen LogP contribution is -2.34. The number of methoxy groups -OCH3 is 1. The number of ether oxygens (including phenoxy) is 1. The molecule has 0 bridgehead atoms. The molecule has 0 fully saturated rings. The highest BCUT2D eigenvalue weighted by atomic mass is 35.5. The van der Waals surface area contributed by atoms with Crippen LogP contribution < -0.4 is 15.4 Å². The Kier molecular flexibility index (Phi) is 5.88. The van der Waals surface area contributed by atoms with Gasteiger partial charge in [0.1, 0.15) is 11.5 Å². The van der Waals surface area contributed by atoms with Gasteiger partial charge in [0.2, 0.25) is 0 Å². The summed E-state index contributed by atoms with van der Waals surface area (Å²) in [5.74, 6) is -0.332. The first kappa shape index (κ1) is 18.3. The maximum Gasteiger partial charge on any atom is 0.261 e. The molecule has 0 aliphatic heterocycles.